The topological polar surface area (TPSA) is 120 Å². The van der Waals surface area contributed by atoms with Crippen LogP contribution in [-0.4, -0.2) is 74.2 Å². The van der Waals surface area contributed by atoms with Gasteiger partial charge >= 0.3 is 5.97 Å². The number of nitriles is 1. The van der Waals surface area contributed by atoms with Gasteiger partial charge in [-0.05, 0) is 158 Å². The van der Waals surface area contributed by atoms with Crippen molar-refractivity contribution in [2.75, 3.05) is 44.3 Å². The first-order valence-corrected chi connectivity index (χ1v) is 25.2. The molecule has 5 fully saturated rings. The van der Waals surface area contributed by atoms with E-state index in [1.54, 1.807) is 6.07 Å². The van der Waals surface area contributed by atoms with Gasteiger partial charge < -0.3 is 20.1 Å². The van der Waals surface area contributed by atoms with Crippen molar-refractivity contribution in [2.24, 2.45) is 56.7 Å². The van der Waals surface area contributed by atoms with Gasteiger partial charge in [-0.25, -0.2) is 8.42 Å². The number of carboxylic acid groups (broad SMARTS) is 1. The number of ether oxygens (including phenoxy) is 1. The lowest BCUT2D eigenvalue weighted by Crippen LogP contribution is -2.68. The predicted molar refractivity (Wildman–Crippen MR) is 239 cm³/mol. The maximum absolute atomic E-state index is 12.8. The Morgan fingerprint density at radius 2 is 1.70 bits per heavy atom. The lowest BCUT2D eigenvalue weighted by molar-refractivity contribution is -0.221. The highest BCUT2D eigenvalue weighted by Crippen LogP contribution is 2.76. The maximum Gasteiger partial charge on any atom is 0.312 e. The molecule has 6 aliphatic carbocycles. The highest BCUT2D eigenvalue weighted by atomic mass is 32.2. The summed E-state index contributed by atoms with van der Waals surface area (Å²) in [6.07, 6.45) is 17.6. The second kappa shape index (κ2) is 15.8. The van der Waals surface area contributed by atoms with Crippen LogP contribution in [0.4, 0.5) is 0 Å². The summed E-state index contributed by atoms with van der Waals surface area (Å²) in [5, 5.41) is 24.3. The summed E-state index contributed by atoms with van der Waals surface area (Å²) in [7, 11) is -2.88. The number of allylic oxidation sites excluding steroid dienone is 5. The number of aliphatic carboxylic acids is 1. The van der Waals surface area contributed by atoms with E-state index in [2.05, 4.69) is 76.6 Å². The van der Waals surface area contributed by atoms with Crippen LogP contribution in [0, 0.1) is 68.0 Å². The molecule has 60 heavy (non-hydrogen) atoms. The number of nitrogens with zero attached hydrogens (tertiary/aromatic N) is 2. The van der Waals surface area contributed by atoms with Crippen molar-refractivity contribution in [1.82, 2.24) is 10.2 Å². The fourth-order valence-corrected chi connectivity index (χ4v) is 17.0. The van der Waals surface area contributed by atoms with Crippen molar-refractivity contribution in [2.45, 2.75) is 131 Å². The Kier molecular flexibility index (Phi) is 11.5. The second-order valence-electron chi connectivity index (χ2n) is 22.1. The van der Waals surface area contributed by atoms with Crippen LogP contribution in [-0.2, 0) is 26.0 Å². The summed E-state index contributed by atoms with van der Waals surface area (Å²) in [5.41, 5.74) is 5.35. The van der Waals surface area contributed by atoms with Crippen LogP contribution in [0.15, 0.2) is 59.7 Å². The number of fused-ring (bicyclic) bond motifs is 7. The standard InChI is InChI=1S/C51H73N3O5S/c1-35(2)39-16-23-51(53-26-27-54-28-30-60(57,58)31-29-54)25-24-48(6)41(44(39)51)12-13-43-47(5)19-17-40(46(3,4)42(47)18-20-49(43,48)7)36-14-21-50(22-15-36,45(55)56)34-59-33-38-11-9-8-10-37(38)32-52/h8-11,14,17,39,41-44,53H,1,12-13,15-16,18-31,33-34H2,2-7H3,(H,55,56)/t39-,41+,42-,43+,44+,47-,48+,49+,50?,51-/m0/s1. The zero-order valence-corrected chi connectivity index (χ0v) is 38.4. The molecule has 1 aromatic rings. The molecule has 4 saturated carbocycles. The molecule has 1 saturated heterocycles. The predicted octanol–water partition coefficient (Wildman–Crippen LogP) is 9.52. The van der Waals surface area contributed by atoms with E-state index < -0.39 is 21.2 Å². The first-order chi connectivity index (χ1) is 28.3. The Morgan fingerprint density at radius 3 is 2.38 bits per heavy atom. The highest BCUT2D eigenvalue weighted by molar-refractivity contribution is 7.91. The molecule has 1 aromatic carbocycles. The minimum absolute atomic E-state index is 0.0146. The third-order valence-corrected chi connectivity index (χ3v) is 20.8. The van der Waals surface area contributed by atoms with Gasteiger partial charge in [0, 0.05) is 31.7 Å². The molecule has 7 aliphatic rings. The van der Waals surface area contributed by atoms with Crippen molar-refractivity contribution < 1.29 is 23.1 Å². The molecule has 8 nitrogen and oxygen atoms in total. The first kappa shape index (κ1) is 43.9. The molecule has 0 radical (unpaired) electrons. The third kappa shape index (κ3) is 7.10. The van der Waals surface area contributed by atoms with Gasteiger partial charge in [-0.2, -0.15) is 5.26 Å². The quantitative estimate of drug-likeness (QED) is 0.212. The van der Waals surface area contributed by atoms with E-state index in [4.69, 9.17) is 4.74 Å². The normalized spacial score (nSPS) is 40.7. The Labute approximate surface area is 361 Å². The SMILES string of the molecule is C=C(C)[C@@H]1CC[C@]2(NCCN3CCS(=O)(=O)CC3)CC[C@]3(C)[C@H](CC[C@@H]4[C@@]5(C)CC=C(C6=CCC(COCc7ccccc7C#N)(C(=O)O)CC6)C(C)(C)[C@@H]5CC[C@]43C)[C@@H]12. The van der Waals surface area contributed by atoms with Crippen molar-refractivity contribution in [3.05, 3.63) is 70.8 Å². The number of rotatable bonds is 11. The van der Waals surface area contributed by atoms with E-state index in [9.17, 15) is 23.6 Å². The Bertz CT molecular complexity index is 2070. The van der Waals surface area contributed by atoms with E-state index >= 15 is 0 Å². The van der Waals surface area contributed by atoms with Crippen LogP contribution in [0.25, 0.3) is 0 Å². The molecule has 1 heterocycles. The number of hydrogen-bond donors (Lipinski definition) is 2. The third-order valence-electron chi connectivity index (χ3n) is 19.2. The van der Waals surface area contributed by atoms with Crippen molar-refractivity contribution >= 4 is 15.8 Å². The largest absolute Gasteiger partial charge is 0.481 e. The maximum atomic E-state index is 12.8. The number of sulfone groups is 1. The average Bonchev–Trinajstić information content (AvgIpc) is 3.59. The molecule has 10 atom stereocenters. The van der Waals surface area contributed by atoms with Gasteiger partial charge in [0.05, 0.1) is 41.8 Å². The van der Waals surface area contributed by atoms with Crippen LogP contribution in [0.5, 0.6) is 0 Å². The van der Waals surface area contributed by atoms with E-state index in [1.807, 2.05) is 18.2 Å². The van der Waals surface area contributed by atoms with E-state index in [1.165, 1.54) is 68.1 Å². The molecular weight excluding hydrogens is 767 g/mol. The molecule has 8 rings (SSSR count). The van der Waals surface area contributed by atoms with Gasteiger partial charge in [-0.15, -0.1) is 0 Å². The molecule has 1 unspecified atom stereocenters. The molecule has 328 valence electrons. The highest BCUT2D eigenvalue weighted by Gasteiger charge is 2.70. The summed E-state index contributed by atoms with van der Waals surface area (Å²) < 4.78 is 30.3. The summed E-state index contributed by atoms with van der Waals surface area (Å²) >= 11 is 0. The number of carboxylic acids is 1. The summed E-state index contributed by atoms with van der Waals surface area (Å²) in [5.74, 6) is 2.76. The lowest BCUT2D eigenvalue weighted by atomic mass is 9.33. The molecule has 1 aliphatic heterocycles. The Hall–Kier alpha value is -2.77. The fraction of sp³-hybridized carbons (Fsp3) is 0.725. The van der Waals surface area contributed by atoms with Crippen LogP contribution in [0.1, 0.15) is 130 Å². The van der Waals surface area contributed by atoms with Crippen LogP contribution in [0.2, 0.25) is 0 Å². The van der Waals surface area contributed by atoms with Crippen LogP contribution < -0.4 is 5.32 Å². The zero-order chi connectivity index (χ0) is 42.9. The molecule has 0 spiro atoms. The number of benzene rings is 1. The lowest BCUT2D eigenvalue weighted by Gasteiger charge is -2.72. The fourth-order valence-electron chi connectivity index (χ4n) is 15.7. The van der Waals surface area contributed by atoms with Crippen molar-refractivity contribution in [1.29, 1.82) is 5.26 Å². The van der Waals surface area contributed by atoms with E-state index in [0.29, 0.717) is 61.1 Å². The monoisotopic (exact) mass is 840 g/mol. The zero-order valence-electron chi connectivity index (χ0n) is 37.6. The molecule has 2 N–H and O–H groups in total. The smallest absolute Gasteiger partial charge is 0.312 e. The molecular formula is C51H73N3O5S. The minimum atomic E-state index is -2.88. The van der Waals surface area contributed by atoms with Gasteiger partial charge in [-0.1, -0.05) is 77.1 Å². The summed E-state index contributed by atoms with van der Waals surface area (Å²) in [6, 6.07) is 9.59. The van der Waals surface area contributed by atoms with Gasteiger partial charge in [0.2, 0.25) is 0 Å². The molecule has 9 heteroatoms. The number of carbonyl (C=O) groups is 1. The summed E-state index contributed by atoms with van der Waals surface area (Å²) in [4.78, 5) is 15.2. The average molecular weight is 840 g/mol. The Morgan fingerprint density at radius 1 is 0.950 bits per heavy atom. The van der Waals surface area contributed by atoms with Crippen molar-refractivity contribution in [3.63, 3.8) is 0 Å². The van der Waals surface area contributed by atoms with Crippen LogP contribution >= 0.6 is 0 Å². The van der Waals surface area contributed by atoms with Crippen LogP contribution in [0.3, 0.4) is 0 Å². The Balaban J connectivity index is 0.990. The van der Waals surface area contributed by atoms with Gasteiger partial charge in [0.15, 0.2) is 9.84 Å². The second-order valence-corrected chi connectivity index (χ2v) is 24.4. The van der Waals surface area contributed by atoms with Gasteiger partial charge in [0.25, 0.3) is 0 Å². The van der Waals surface area contributed by atoms with Crippen molar-refractivity contribution in [3.8, 4) is 6.07 Å². The van der Waals surface area contributed by atoms with E-state index in [0.717, 1.165) is 31.5 Å². The van der Waals surface area contributed by atoms with Gasteiger partial charge in [0.1, 0.15) is 0 Å². The molecule has 0 bridgehead atoms. The first-order valence-electron chi connectivity index (χ1n) is 23.4. The minimum Gasteiger partial charge on any atom is -0.481 e. The molecule has 0 aromatic heterocycles. The molecule has 0 amide bonds. The summed E-state index contributed by atoms with van der Waals surface area (Å²) in [6.45, 7) is 23.5. The number of hydrogen-bond acceptors (Lipinski definition) is 7. The van der Waals surface area contributed by atoms with E-state index in [-0.39, 0.29) is 51.9 Å². The number of nitrogens with one attached hydrogen (secondary N) is 1. The van der Waals surface area contributed by atoms with Gasteiger partial charge in [-0.3, -0.25) is 4.79 Å².